The smallest absolute Gasteiger partial charge is 0.0725 e. The molecule has 122 valence electrons. The van der Waals surface area contributed by atoms with Gasteiger partial charge in [0.25, 0.3) is 0 Å². The highest BCUT2D eigenvalue weighted by Gasteiger charge is 2.11. The number of fused-ring (bicyclic) bond motifs is 2. The molecule has 4 nitrogen and oxygen atoms in total. The van der Waals surface area contributed by atoms with Crippen LogP contribution in [0.4, 0.5) is 0 Å². The van der Waals surface area contributed by atoms with Crippen molar-refractivity contribution in [1.82, 2.24) is 0 Å². The van der Waals surface area contributed by atoms with Crippen LogP contribution in [0.3, 0.4) is 0 Å². The van der Waals surface area contributed by atoms with E-state index in [0.717, 1.165) is 24.3 Å². The third-order valence-electron chi connectivity index (χ3n) is 4.33. The minimum absolute atomic E-state index is 0.693. The third-order valence-corrected chi connectivity index (χ3v) is 4.33. The maximum atomic E-state index is 5.43. The van der Waals surface area contributed by atoms with Crippen LogP contribution in [0.25, 0.3) is 0 Å². The summed E-state index contributed by atoms with van der Waals surface area (Å²) in [6, 6.07) is 12.7. The molecule has 0 bridgehead atoms. The van der Waals surface area contributed by atoms with Gasteiger partial charge in [0, 0.05) is 12.4 Å². The fourth-order valence-corrected chi connectivity index (χ4v) is 3.00. The van der Waals surface area contributed by atoms with Gasteiger partial charge in [0.2, 0.25) is 0 Å². The summed E-state index contributed by atoms with van der Waals surface area (Å²) in [4.78, 5) is 8.91. The summed E-state index contributed by atoms with van der Waals surface area (Å²) < 4.78 is 10.9. The molecule has 24 heavy (non-hydrogen) atoms. The van der Waals surface area contributed by atoms with E-state index in [0.29, 0.717) is 26.3 Å². The Morgan fingerprint density at radius 3 is 1.62 bits per heavy atom. The maximum Gasteiger partial charge on any atom is 0.0725 e. The second-order valence-corrected chi connectivity index (χ2v) is 6.11. The van der Waals surface area contributed by atoms with Crippen LogP contribution in [-0.2, 0) is 35.9 Å². The summed E-state index contributed by atoms with van der Waals surface area (Å²) in [5.41, 5.74) is 7.38. The SMILES string of the molecule is C(=NCCN=Cc1ccc2c(c1)COC2)c1ccc2c(c1)COC2. The summed E-state index contributed by atoms with van der Waals surface area (Å²) in [5.74, 6) is 0. The van der Waals surface area contributed by atoms with Crippen LogP contribution >= 0.6 is 0 Å². The van der Waals surface area contributed by atoms with Crippen LogP contribution in [0.15, 0.2) is 46.4 Å². The lowest BCUT2D eigenvalue weighted by molar-refractivity contribution is 0.134. The maximum absolute atomic E-state index is 5.43. The van der Waals surface area contributed by atoms with E-state index >= 15 is 0 Å². The van der Waals surface area contributed by atoms with Gasteiger partial charge in [-0.3, -0.25) is 9.98 Å². The first-order valence-electron chi connectivity index (χ1n) is 8.27. The molecule has 0 spiro atoms. The molecule has 0 aliphatic carbocycles. The van der Waals surface area contributed by atoms with Gasteiger partial charge in [-0.05, 0) is 45.5 Å². The second-order valence-electron chi connectivity index (χ2n) is 6.11. The molecule has 2 aliphatic rings. The molecule has 2 aromatic rings. The average Bonchev–Trinajstić information content (AvgIpc) is 3.25. The van der Waals surface area contributed by atoms with Crippen molar-refractivity contribution in [2.24, 2.45) is 9.98 Å². The van der Waals surface area contributed by atoms with Crippen molar-refractivity contribution >= 4 is 12.4 Å². The molecule has 0 amide bonds. The van der Waals surface area contributed by atoms with Crippen molar-refractivity contribution in [3.8, 4) is 0 Å². The average molecular weight is 320 g/mol. The van der Waals surface area contributed by atoms with Gasteiger partial charge in [-0.25, -0.2) is 0 Å². The van der Waals surface area contributed by atoms with Crippen molar-refractivity contribution in [1.29, 1.82) is 0 Å². The van der Waals surface area contributed by atoms with Crippen LogP contribution in [-0.4, -0.2) is 25.5 Å². The van der Waals surface area contributed by atoms with E-state index in [4.69, 9.17) is 9.47 Å². The second kappa shape index (κ2) is 7.07. The summed E-state index contributed by atoms with van der Waals surface area (Å²) >= 11 is 0. The van der Waals surface area contributed by atoms with E-state index in [1.165, 1.54) is 22.3 Å². The first kappa shape index (κ1) is 15.2. The van der Waals surface area contributed by atoms with E-state index in [2.05, 4.69) is 46.4 Å². The number of hydrogen-bond acceptors (Lipinski definition) is 4. The van der Waals surface area contributed by atoms with Gasteiger partial charge in [0.05, 0.1) is 39.5 Å². The number of benzene rings is 2. The number of rotatable bonds is 5. The van der Waals surface area contributed by atoms with E-state index in [1.807, 2.05) is 12.4 Å². The van der Waals surface area contributed by atoms with Crippen molar-refractivity contribution in [3.05, 3.63) is 69.8 Å². The monoisotopic (exact) mass is 320 g/mol. The van der Waals surface area contributed by atoms with Gasteiger partial charge in [-0.1, -0.05) is 24.3 Å². The van der Waals surface area contributed by atoms with Crippen molar-refractivity contribution in [2.45, 2.75) is 26.4 Å². The van der Waals surface area contributed by atoms with E-state index in [9.17, 15) is 0 Å². The van der Waals surface area contributed by atoms with Crippen LogP contribution in [0, 0.1) is 0 Å². The molecule has 0 aromatic heterocycles. The third kappa shape index (κ3) is 3.45. The molecular weight excluding hydrogens is 300 g/mol. The fourth-order valence-electron chi connectivity index (χ4n) is 3.00. The molecule has 2 heterocycles. The highest BCUT2D eigenvalue weighted by atomic mass is 16.5. The Morgan fingerprint density at radius 1 is 0.667 bits per heavy atom. The minimum atomic E-state index is 0.693. The number of aliphatic imine (C=N–C) groups is 2. The van der Waals surface area contributed by atoms with Gasteiger partial charge in [-0.2, -0.15) is 0 Å². The number of nitrogens with zero attached hydrogens (tertiary/aromatic N) is 2. The lowest BCUT2D eigenvalue weighted by Gasteiger charge is -1.99. The Bertz CT molecular complexity index is 729. The van der Waals surface area contributed by atoms with Gasteiger partial charge in [-0.15, -0.1) is 0 Å². The van der Waals surface area contributed by atoms with Crippen LogP contribution in [0.2, 0.25) is 0 Å². The highest BCUT2D eigenvalue weighted by Crippen LogP contribution is 2.21. The lowest BCUT2D eigenvalue weighted by Crippen LogP contribution is -1.92. The Balaban J connectivity index is 1.28. The zero-order valence-electron chi connectivity index (χ0n) is 13.6. The Hall–Kier alpha value is -2.30. The van der Waals surface area contributed by atoms with Crippen LogP contribution in [0.1, 0.15) is 33.4 Å². The fraction of sp³-hybridized carbons (Fsp3) is 0.300. The molecule has 2 aromatic carbocycles. The summed E-state index contributed by atoms with van der Waals surface area (Å²) in [7, 11) is 0. The molecule has 0 saturated carbocycles. The molecule has 0 unspecified atom stereocenters. The van der Waals surface area contributed by atoms with Crippen molar-refractivity contribution in [2.75, 3.05) is 13.1 Å². The van der Waals surface area contributed by atoms with Crippen molar-refractivity contribution < 1.29 is 9.47 Å². The topological polar surface area (TPSA) is 43.2 Å². The molecule has 0 saturated heterocycles. The predicted molar refractivity (Wildman–Crippen MR) is 94.8 cm³/mol. The van der Waals surface area contributed by atoms with Crippen LogP contribution in [0.5, 0.6) is 0 Å². The first-order valence-corrected chi connectivity index (χ1v) is 8.27. The summed E-state index contributed by atoms with van der Waals surface area (Å²) in [6.45, 7) is 4.28. The Morgan fingerprint density at radius 2 is 1.12 bits per heavy atom. The molecular formula is C20H20N2O2. The summed E-state index contributed by atoms with van der Waals surface area (Å²) in [6.07, 6.45) is 3.84. The quantitative estimate of drug-likeness (QED) is 0.627. The van der Waals surface area contributed by atoms with Gasteiger partial charge >= 0.3 is 0 Å². The molecule has 0 fully saturated rings. The van der Waals surface area contributed by atoms with E-state index in [1.54, 1.807) is 0 Å². The first-order chi connectivity index (χ1) is 11.9. The molecule has 4 rings (SSSR count). The minimum Gasteiger partial charge on any atom is -0.372 e. The van der Waals surface area contributed by atoms with Crippen LogP contribution < -0.4 is 0 Å². The Kier molecular flexibility index (Phi) is 4.49. The van der Waals surface area contributed by atoms with Crippen molar-refractivity contribution in [3.63, 3.8) is 0 Å². The Labute approximate surface area is 141 Å². The number of ether oxygens (including phenoxy) is 2. The predicted octanol–water partition coefficient (Wildman–Crippen LogP) is 3.29. The van der Waals surface area contributed by atoms with Gasteiger partial charge < -0.3 is 9.47 Å². The van der Waals surface area contributed by atoms with Gasteiger partial charge in [0.1, 0.15) is 0 Å². The molecule has 0 N–H and O–H groups in total. The standard InChI is InChI=1S/C20H20N2O2/c1-3-17-11-23-13-19(17)7-15(1)9-21-5-6-22-10-16-2-4-18-12-24-14-20(18)8-16/h1-4,7-10H,5-6,11-14H2. The molecule has 0 radical (unpaired) electrons. The molecule has 4 heteroatoms. The normalized spacial score (nSPS) is 16.2. The largest absolute Gasteiger partial charge is 0.372 e. The van der Waals surface area contributed by atoms with E-state index in [-0.39, 0.29) is 0 Å². The highest BCUT2D eigenvalue weighted by molar-refractivity contribution is 5.81. The summed E-state index contributed by atoms with van der Waals surface area (Å²) in [5, 5.41) is 0. The molecule has 0 atom stereocenters. The molecule has 2 aliphatic heterocycles. The zero-order valence-corrected chi connectivity index (χ0v) is 13.6. The lowest BCUT2D eigenvalue weighted by atomic mass is 10.1. The van der Waals surface area contributed by atoms with E-state index < -0.39 is 0 Å². The zero-order chi connectivity index (χ0) is 16.2. The van der Waals surface area contributed by atoms with Gasteiger partial charge in [0.15, 0.2) is 0 Å². The number of hydrogen-bond donors (Lipinski definition) is 0.